The van der Waals surface area contributed by atoms with E-state index in [4.69, 9.17) is 0 Å². The van der Waals surface area contributed by atoms with Crippen LogP contribution in [0, 0.1) is 0 Å². The van der Waals surface area contributed by atoms with Crippen LogP contribution in [0.3, 0.4) is 0 Å². The van der Waals surface area contributed by atoms with Crippen LogP contribution in [0.5, 0.6) is 0 Å². The lowest BCUT2D eigenvalue weighted by molar-refractivity contribution is -0.126. The summed E-state index contributed by atoms with van der Waals surface area (Å²) in [7, 11) is 1.79. The summed E-state index contributed by atoms with van der Waals surface area (Å²) >= 11 is 0. The summed E-state index contributed by atoms with van der Waals surface area (Å²) in [6.07, 6.45) is 0.515. The van der Waals surface area contributed by atoms with Crippen LogP contribution < -0.4 is 5.32 Å². The van der Waals surface area contributed by atoms with Crippen molar-refractivity contribution < 1.29 is 9.59 Å². The molecule has 1 atom stereocenters. The summed E-state index contributed by atoms with van der Waals surface area (Å²) in [5.41, 5.74) is 0. The van der Waals surface area contributed by atoms with E-state index in [-0.39, 0.29) is 24.3 Å². The van der Waals surface area contributed by atoms with E-state index >= 15 is 0 Å². The van der Waals surface area contributed by atoms with Gasteiger partial charge in [0.05, 0.1) is 12.6 Å². The molecule has 4 heteroatoms. The average Bonchev–Trinajstić information content (AvgIpc) is 2.15. The first-order valence-electron chi connectivity index (χ1n) is 5.02. The second-order valence-electron chi connectivity index (χ2n) is 3.36. The fourth-order valence-corrected chi connectivity index (χ4v) is 1.16. The molecule has 0 spiro atoms. The van der Waals surface area contributed by atoms with E-state index in [0.717, 1.165) is 0 Å². The second-order valence-corrected chi connectivity index (χ2v) is 3.36. The summed E-state index contributed by atoms with van der Waals surface area (Å²) < 4.78 is 0. The molecule has 0 radical (unpaired) electrons. The van der Waals surface area contributed by atoms with E-state index in [1.54, 1.807) is 11.9 Å². The highest BCUT2D eigenvalue weighted by molar-refractivity contribution is 5.84. The highest BCUT2D eigenvalue weighted by Gasteiger charge is 2.17. The Labute approximate surface area is 85.7 Å². The largest absolute Gasteiger partial charge is 0.355 e. The second kappa shape index (κ2) is 6.54. The Hall–Kier alpha value is -0.900. The predicted molar refractivity (Wildman–Crippen MR) is 56.1 cm³/mol. The zero-order valence-electron chi connectivity index (χ0n) is 9.46. The number of nitrogens with one attached hydrogen (secondary N) is 1. The van der Waals surface area contributed by atoms with Gasteiger partial charge >= 0.3 is 0 Å². The van der Waals surface area contributed by atoms with Crippen molar-refractivity contribution in [2.75, 3.05) is 20.1 Å². The average molecular weight is 200 g/mol. The molecule has 1 amide bonds. The zero-order chi connectivity index (χ0) is 11.1. The monoisotopic (exact) mass is 200 g/mol. The van der Waals surface area contributed by atoms with E-state index < -0.39 is 0 Å². The van der Waals surface area contributed by atoms with Crippen molar-refractivity contribution in [3.63, 3.8) is 0 Å². The lowest BCUT2D eigenvalue weighted by atomic mass is 10.1. The lowest BCUT2D eigenvalue weighted by Gasteiger charge is -2.22. The third-order valence-electron chi connectivity index (χ3n) is 2.24. The van der Waals surface area contributed by atoms with Crippen molar-refractivity contribution in [2.24, 2.45) is 0 Å². The van der Waals surface area contributed by atoms with Crippen LogP contribution in [0.25, 0.3) is 0 Å². The number of Topliss-reactive ketones (excluding diaryl/α,β-unsaturated/α-hetero) is 1. The van der Waals surface area contributed by atoms with Gasteiger partial charge in [0.15, 0.2) is 0 Å². The zero-order valence-corrected chi connectivity index (χ0v) is 9.46. The SMILES string of the molecule is CCNC(=O)CN(C)C(C)C(=O)CC. The maximum atomic E-state index is 11.3. The Morgan fingerprint density at radius 1 is 1.36 bits per heavy atom. The van der Waals surface area contributed by atoms with Gasteiger partial charge in [-0.3, -0.25) is 14.5 Å². The summed E-state index contributed by atoms with van der Waals surface area (Å²) in [5.74, 6) is 0.127. The van der Waals surface area contributed by atoms with Gasteiger partial charge in [0.1, 0.15) is 5.78 Å². The van der Waals surface area contributed by atoms with Crippen molar-refractivity contribution in [1.29, 1.82) is 0 Å². The number of likely N-dealkylation sites (N-methyl/N-ethyl adjacent to an activating group) is 2. The van der Waals surface area contributed by atoms with Crippen LogP contribution in [0.4, 0.5) is 0 Å². The molecule has 82 valence electrons. The fraction of sp³-hybridized carbons (Fsp3) is 0.800. The lowest BCUT2D eigenvalue weighted by Crippen LogP contribution is -2.42. The molecular weight excluding hydrogens is 180 g/mol. The van der Waals surface area contributed by atoms with Crippen LogP contribution in [-0.2, 0) is 9.59 Å². The number of carbonyl (C=O) groups is 2. The molecule has 0 aliphatic rings. The van der Waals surface area contributed by atoms with Gasteiger partial charge in [0.2, 0.25) is 5.91 Å². The molecule has 0 aromatic rings. The third kappa shape index (κ3) is 4.37. The standard InChI is InChI=1S/C10H20N2O2/c1-5-9(13)8(3)12(4)7-10(14)11-6-2/h8H,5-7H2,1-4H3,(H,11,14). The van der Waals surface area contributed by atoms with E-state index in [2.05, 4.69) is 5.32 Å². The van der Waals surface area contributed by atoms with Gasteiger partial charge in [-0.25, -0.2) is 0 Å². The Balaban J connectivity index is 4.00. The van der Waals surface area contributed by atoms with Crippen molar-refractivity contribution in [3.05, 3.63) is 0 Å². The topological polar surface area (TPSA) is 49.4 Å². The summed E-state index contributed by atoms with van der Waals surface area (Å²) in [6, 6.07) is -0.178. The number of hydrogen-bond donors (Lipinski definition) is 1. The van der Waals surface area contributed by atoms with Gasteiger partial charge in [0, 0.05) is 13.0 Å². The number of rotatable bonds is 6. The van der Waals surface area contributed by atoms with Gasteiger partial charge < -0.3 is 5.32 Å². The number of amides is 1. The first-order valence-corrected chi connectivity index (χ1v) is 5.02. The van der Waals surface area contributed by atoms with Gasteiger partial charge in [-0.1, -0.05) is 6.92 Å². The smallest absolute Gasteiger partial charge is 0.234 e. The molecule has 1 N–H and O–H groups in total. The molecule has 0 saturated carbocycles. The number of ketones is 1. The first-order chi connectivity index (χ1) is 6.52. The highest BCUT2D eigenvalue weighted by atomic mass is 16.2. The van der Waals surface area contributed by atoms with E-state index in [1.165, 1.54) is 0 Å². The maximum Gasteiger partial charge on any atom is 0.234 e. The van der Waals surface area contributed by atoms with Crippen LogP contribution in [0.15, 0.2) is 0 Å². The van der Waals surface area contributed by atoms with Crippen molar-refractivity contribution in [1.82, 2.24) is 10.2 Å². The van der Waals surface area contributed by atoms with Gasteiger partial charge in [-0.2, -0.15) is 0 Å². The minimum Gasteiger partial charge on any atom is -0.355 e. The van der Waals surface area contributed by atoms with Crippen molar-refractivity contribution in [2.45, 2.75) is 33.2 Å². The molecule has 1 unspecified atom stereocenters. The van der Waals surface area contributed by atoms with E-state index in [9.17, 15) is 9.59 Å². The number of hydrogen-bond acceptors (Lipinski definition) is 3. The van der Waals surface area contributed by atoms with E-state index in [0.29, 0.717) is 13.0 Å². The van der Waals surface area contributed by atoms with Gasteiger partial charge in [0.25, 0.3) is 0 Å². The molecule has 0 rings (SSSR count). The van der Waals surface area contributed by atoms with Crippen LogP contribution >= 0.6 is 0 Å². The molecule has 0 aromatic heterocycles. The summed E-state index contributed by atoms with van der Waals surface area (Å²) in [5, 5.41) is 2.70. The predicted octanol–water partition coefficient (Wildman–Crippen LogP) is 0.422. The Morgan fingerprint density at radius 3 is 2.36 bits per heavy atom. The summed E-state index contributed by atoms with van der Waals surface area (Å²) in [6.45, 7) is 6.44. The van der Waals surface area contributed by atoms with Crippen molar-refractivity contribution in [3.8, 4) is 0 Å². The highest BCUT2D eigenvalue weighted by Crippen LogP contribution is 1.99. The molecule has 0 aliphatic heterocycles. The molecule has 0 fully saturated rings. The third-order valence-corrected chi connectivity index (χ3v) is 2.24. The van der Waals surface area contributed by atoms with E-state index in [1.807, 2.05) is 20.8 Å². The van der Waals surface area contributed by atoms with Gasteiger partial charge in [-0.15, -0.1) is 0 Å². The van der Waals surface area contributed by atoms with Crippen LogP contribution in [-0.4, -0.2) is 42.8 Å². The maximum absolute atomic E-state index is 11.3. The molecule has 0 aromatic carbocycles. The Kier molecular flexibility index (Phi) is 6.12. The number of carbonyl (C=O) groups excluding carboxylic acids is 2. The molecule has 14 heavy (non-hydrogen) atoms. The molecular formula is C10H20N2O2. The Morgan fingerprint density at radius 2 is 1.93 bits per heavy atom. The normalized spacial score (nSPS) is 12.6. The quantitative estimate of drug-likeness (QED) is 0.676. The minimum absolute atomic E-state index is 0.0363. The molecule has 0 bridgehead atoms. The molecule has 4 nitrogen and oxygen atoms in total. The minimum atomic E-state index is -0.178. The van der Waals surface area contributed by atoms with Crippen LogP contribution in [0.2, 0.25) is 0 Å². The van der Waals surface area contributed by atoms with Crippen molar-refractivity contribution >= 4 is 11.7 Å². The Bertz CT molecular complexity index is 204. The summed E-state index contributed by atoms with van der Waals surface area (Å²) in [4.78, 5) is 24.3. The first kappa shape index (κ1) is 13.1. The number of nitrogens with zero attached hydrogens (tertiary/aromatic N) is 1. The molecule has 0 saturated heterocycles. The molecule has 0 heterocycles. The van der Waals surface area contributed by atoms with Crippen LogP contribution in [0.1, 0.15) is 27.2 Å². The molecule has 0 aliphatic carbocycles. The van der Waals surface area contributed by atoms with Gasteiger partial charge in [-0.05, 0) is 20.9 Å². The fourth-order valence-electron chi connectivity index (χ4n) is 1.16.